The van der Waals surface area contributed by atoms with Gasteiger partial charge in [-0.15, -0.1) is 0 Å². The first-order chi connectivity index (χ1) is 10.7. The number of thiazole rings is 1. The molecule has 124 valence electrons. The molecule has 1 heterocycles. The molecule has 7 heteroatoms. The smallest absolute Gasteiger partial charge is 0.307 e. The number of halogens is 1. The van der Waals surface area contributed by atoms with Crippen molar-refractivity contribution in [1.29, 1.82) is 0 Å². The Morgan fingerprint density at radius 3 is 2.65 bits per heavy atom. The molecule has 2 aromatic rings. The number of rotatable bonds is 3. The monoisotopic (exact) mass is 338 g/mol. The van der Waals surface area contributed by atoms with Crippen LogP contribution in [-0.2, 0) is 20.9 Å². The van der Waals surface area contributed by atoms with Crippen molar-refractivity contribution in [2.24, 2.45) is 10.4 Å². The van der Waals surface area contributed by atoms with Gasteiger partial charge in [-0.25, -0.2) is 4.39 Å². The van der Waals surface area contributed by atoms with Gasteiger partial charge in [-0.05, 0) is 18.2 Å². The number of aryl methyl sites for hydroxylation is 1. The summed E-state index contributed by atoms with van der Waals surface area (Å²) in [7, 11) is 1.32. The van der Waals surface area contributed by atoms with Crippen molar-refractivity contribution in [1.82, 2.24) is 4.57 Å². The van der Waals surface area contributed by atoms with Gasteiger partial charge in [-0.2, -0.15) is 4.99 Å². The standard InChI is InChI=1S/C16H19FN2O3S/c1-16(2,3)14(21)18-15-19(8-7-13(20)22-4)11-6-5-10(17)9-12(11)23-15/h5-6,9H,7-8H2,1-4H3. The van der Waals surface area contributed by atoms with E-state index >= 15 is 0 Å². The highest BCUT2D eigenvalue weighted by Crippen LogP contribution is 2.20. The SMILES string of the molecule is COC(=O)CCn1c(=NC(=O)C(C)(C)C)sc2cc(F)ccc21. The first kappa shape index (κ1) is 17.3. The number of fused-ring (bicyclic) bond motifs is 1. The van der Waals surface area contributed by atoms with E-state index in [9.17, 15) is 14.0 Å². The van der Waals surface area contributed by atoms with Crippen LogP contribution < -0.4 is 4.80 Å². The molecule has 0 atom stereocenters. The number of hydrogen-bond acceptors (Lipinski definition) is 4. The zero-order valence-electron chi connectivity index (χ0n) is 13.6. The van der Waals surface area contributed by atoms with Gasteiger partial charge in [0.25, 0.3) is 5.91 Å². The van der Waals surface area contributed by atoms with Gasteiger partial charge in [-0.1, -0.05) is 32.1 Å². The van der Waals surface area contributed by atoms with Crippen LogP contribution in [0.15, 0.2) is 23.2 Å². The summed E-state index contributed by atoms with van der Waals surface area (Å²) in [4.78, 5) is 28.2. The van der Waals surface area contributed by atoms with Gasteiger partial charge in [0.15, 0.2) is 4.80 Å². The largest absolute Gasteiger partial charge is 0.469 e. The third-order valence-corrected chi connectivity index (χ3v) is 4.29. The van der Waals surface area contributed by atoms with E-state index in [0.29, 0.717) is 16.0 Å². The number of nitrogens with zero attached hydrogens (tertiary/aromatic N) is 2. The summed E-state index contributed by atoms with van der Waals surface area (Å²) in [6, 6.07) is 4.37. The summed E-state index contributed by atoms with van der Waals surface area (Å²) in [6.45, 7) is 5.66. The first-order valence-corrected chi connectivity index (χ1v) is 7.99. The lowest BCUT2D eigenvalue weighted by Crippen LogP contribution is -2.24. The summed E-state index contributed by atoms with van der Waals surface area (Å²) < 4.78 is 20.5. The van der Waals surface area contributed by atoms with E-state index in [4.69, 9.17) is 0 Å². The summed E-state index contributed by atoms with van der Waals surface area (Å²) in [5.41, 5.74) is 0.127. The average molecular weight is 338 g/mol. The quantitative estimate of drug-likeness (QED) is 0.809. The molecule has 0 N–H and O–H groups in total. The normalized spacial score (nSPS) is 12.7. The van der Waals surface area contributed by atoms with Crippen molar-refractivity contribution in [2.75, 3.05) is 7.11 Å². The van der Waals surface area contributed by atoms with Gasteiger partial charge in [0.1, 0.15) is 5.82 Å². The first-order valence-electron chi connectivity index (χ1n) is 7.17. The number of esters is 1. The number of amides is 1. The summed E-state index contributed by atoms with van der Waals surface area (Å²) in [5, 5.41) is 0. The average Bonchev–Trinajstić information content (AvgIpc) is 2.80. The predicted octanol–water partition coefficient (Wildman–Crippen LogP) is 2.88. The van der Waals surface area contributed by atoms with Gasteiger partial charge in [0.05, 0.1) is 23.7 Å². The van der Waals surface area contributed by atoms with Crippen molar-refractivity contribution < 1.29 is 18.7 Å². The van der Waals surface area contributed by atoms with Crippen molar-refractivity contribution in [3.05, 3.63) is 28.8 Å². The molecule has 1 aromatic carbocycles. The van der Waals surface area contributed by atoms with E-state index in [2.05, 4.69) is 9.73 Å². The molecule has 0 aliphatic heterocycles. The molecular weight excluding hydrogens is 319 g/mol. The van der Waals surface area contributed by atoms with Crippen molar-refractivity contribution in [2.45, 2.75) is 33.7 Å². The fourth-order valence-corrected chi connectivity index (χ4v) is 2.99. The lowest BCUT2D eigenvalue weighted by Gasteiger charge is -2.12. The second-order valence-corrected chi connectivity index (χ2v) is 7.15. The molecule has 0 bridgehead atoms. The molecule has 5 nitrogen and oxygen atoms in total. The summed E-state index contributed by atoms with van der Waals surface area (Å²) >= 11 is 1.23. The predicted molar refractivity (Wildman–Crippen MR) is 86.4 cm³/mol. The Balaban J connectivity index is 2.55. The fraction of sp³-hybridized carbons (Fsp3) is 0.438. The van der Waals surface area contributed by atoms with Crippen LogP contribution in [0.2, 0.25) is 0 Å². The number of carbonyl (C=O) groups is 2. The van der Waals surface area contributed by atoms with Gasteiger partial charge < -0.3 is 9.30 Å². The van der Waals surface area contributed by atoms with E-state index in [0.717, 1.165) is 5.52 Å². The number of aromatic nitrogens is 1. The lowest BCUT2D eigenvalue weighted by molar-refractivity contribution is -0.140. The Kier molecular flexibility index (Phi) is 4.99. The van der Waals surface area contributed by atoms with Crippen LogP contribution in [0.25, 0.3) is 10.2 Å². The maximum absolute atomic E-state index is 13.4. The van der Waals surface area contributed by atoms with Crippen molar-refractivity contribution in [3.8, 4) is 0 Å². The molecule has 1 amide bonds. The second kappa shape index (κ2) is 6.62. The van der Waals surface area contributed by atoms with Crippen molar-refractivity contribution in [3.63, 3.8) is 0 Å². The van der Waals surface area contributed by atoms with Crippen LogP contribution in [0.3, 0.4) is 0 Å². The number of hydrogen-bond donors (Lipinski definition) is 0. The number of carbonyl (C=O) groups excluding carboxylic acids is 2. The molecular formula is C16H19FN2O3S. The number of methoxy groups -OCH3 is 1. The summed E-state index contributed by atoms with van der Waals surface area (Å²) in [5.74, 6) is -0.976. The third-order valence-electron chi connectivity index (χ3n) is 3.25. The number of benzene rings is 1. The van der Waals surface area contributed by atoms with E-state index in [-0.39, 0.29) is 24.1 Å². The number of ether oxygens (including phenoxy) is 1. The van der Waals surface area contributed by atoms with Crippen LogP contribution >= 0.6 is 11.3 Å². The minimum atomic E-state index is -0.610. The Labute approximate surface area is 137 Å². The lowest BCUT2D eigenvalue weighted by atomic mass is 9.96. The van der Waals surface area contributed by atoms with E-state index < -0.39 is 5.41 Å². The minimum Gasteiger partial charge on any atom is -0.469 e. The summed E-state index contributed by atoms with van der Waals surface area (Å²) in [6.07, 6.45) is 0.149. The van der Waals surface area contributed by atoms with E-state index in [1.165, 1.54) is 30.6 Å². The Hall–Kier alpha value is -2.02. The van der Waals surface area contributed by atoms with Crippen molar-refractivity contribution >= 4 is 33.4 Å². The van der Waals surface area contributed by atoms with Crippen LogP contribution in [0.1, 0.15) is 27.2 Å². The minimum absolute atomic E-state index is 0.149. The molecule has 1 aromatic heterocycles. The van der Waals surface area contributed by atoms with Gasteiger partial charge in [0, 0.05) is 12.0 Å². The van der Waals surface area contributed by atoms with E-state index in [1.807, 2.05) is 0 Å². The molecule has 0 unspecified atom stereocenters. The molecule has 0 radical (unpaired) electrons. The van der Waals surface area contributed by atoms with Crippen LogP contribution in [0.5, 0.6) is 0 Å². The highest BCUT2D eigenvalue weighted by molar-refractivity contribution is 7.16. The molecule has 0 saturated carbocycles. The Morgan fingerprint density at radius 2 is 2.04 bits per heavy atom. The van der Waals surface area contributed by atoms with Crippen LogP contribution in [-0.4, -0.2) is 23.6 Å². The second-order valence-electron chi connectivity index (χ2n) is 6.14. The van der Waals surface area contributed by atoms with Crippen LogP contribution in [0.4, 0.5) is 4.39 Å². The molecule has 0 spiro atoms. The van der Waals surface area contributed by atoms with Gasteiger partial charge >= 0.3 is 5.97 Å². The molecule has 2 rings (SSSR count). The fourth-order valence-electron chi connectivity index (χ4n) is 1.91. The molecule has 0 aliphatic carbocycles. The highest BCUT2D eigenvalue weighted by atomic mass is 32.1. The Morgan fingerprint density at radius 1 is 1.35 bits per heavy atom. The Bertz CT molecular complexity index is 815. The van der Waals surface area contributed by atoms with E-state index in [1.54, 1.807) is 31.4 Å². The molecule has 23 heavy (non-hydrogen) atoms. The molecule has 0 fully saturated rings. The zero-order chi connectivity index (χ0) is 17.2. The molecule has 0 saturated heterocycles. The van der Waals surface area contributed by atoms with Gasteiger partial charge in [0.2, 0.25) is 0 Å². The third kappa shape index (κ3) is 4.04. The van der Waals surface area contributed by atoms with Crippen LogP contribution in [0, 0.1) is 11.2 Å². The topological polar surface area (TPSA) is 60.7 Å². The zero-order valence-corrected chi connectivity index (χ0v) is 14.4. The maximum Gasteiger partial charge on any atom is 0.307 e. The maximum atomic E-state index is 13.4. The van der Waals surface area contributed by atoms with Gasteiger partial charge in [-0.3, -0.25) is 9.59 Å². The highest BCUT2D eigenvalue weighted by Gasteiger charge is 2.21. The molecule has 0 aliphatic rings.